The van der Waals surface area contributed by atoms with Gasteiger partial charge in [0.1, 0.15) is 0 Å². The van der Waals surface area contributed by atoms with Crippen molar-refractivity contribution in [2.24, 2.45) is 11.8 Å². The first-order chi connectivity index (χ1) is 9.27. The Kier molecular flexibility index (Phi) is 7.75. The Hall–Kier alpha value is 0.920. The first-order valence-electron chi connectivity index (χ1n) is 8.13. The maximum absolute atomic E-state index is 5.97. The lowest BCUT2D eigenvalue weighted by molar-refractivity contribution is 0.108. The minimum absolute atomic E-state index is 0.568. The first-order valence-corrected chi connectivity index (χ1v) is 9.96. The van der Waals surface area contributed by atoms with E-state index in [4.69, 9.17) is 4.74 Å². The normalized spacial score (nSPS) is 26.2. The van der Waals surface area contributed by atoms with Crippen molar-refractivity contribution in [1.29, 1.82) is 0 Å². The average Bonchev–Trinajstić information content (AvgIpc) is 2.49. The molecule has 19 heavy (non-hydrogen) atoms. The van der Waals surface area contributed by atoms with Crippen LogP contribution in [0.15, 0.2) is 0 Å². The largest absolute Gasteiger partial charge is 0.379 e. The van der Waals surface area contributed by atoms with E-state index in [1.165, 1.54) is 64.2 Å². The molecule has 0 aromatic rings. The molecule has 112 valence electrons. The smallest absolute Gasteiger partial charge is 0.0594 e. The molecular weight excluding hydrogens is 368 g/mol. The highest BCUT2D eigenvalue weighted by Gasteiger charge is 2.24. The van der Waals surface area contributed by atoms with Gasteiger partial charge < -0.3 is 4.74 Å². The molecule has 2 rings (SSSR count). The highest BCUT2D eigenvalue weighted by Crippen LogP contribution is 2.32. The molecule has 0 spiro atoms. The minimum atomic E-state index is 0.568. The van der Waals surface area contributed by atoms with Gasteiger partial charge in [0.25, 0.3) is 0 Å². The molecule has 0 N–H and O–H groups in total. The summed E-state index contributed by atoms with van der Waals surface area (Å²) in [4.78, 5) is 1.14. The van der Waals surface area contributed by atoms with Crippen LogP contribution in [0.5, 0.6) is 0 Å². The summed E-state index contributed by atoms with van der Waals surface area (Å²) in [6.45, 7) is 1.78. The zero-order chi connectivity index (χ0) is 13.5. The summed E-state index contributed by atoms with van der Waals surface area (Å²) in [6.07, 6.45) is 14.1. The van der Waals surface area contributed by atoms with E-state index >= 15 is 0 Å². The predicted octanol–water partition coefficient (Wildman–Crippen LogP) is 5.69. The van der Waals surface area contributed by atoms with Gasteiger partial charge in [-0.1, -0.05) is 70.4 Å². The quantitative estimate of drug-likeness (QED) is 0.524. The van der Waals surface area contributed by atoms with Gasteiger partial charge in [-0.2, -0.15) is 0 Å². The van der Waals surface area contributed by atoms with E-state index in [1.54, 1.807) is 0 Å². The van der Waals surface area contributed by atoms with Crippen LogP contribution in [0.3, 0.4) is 0 Å². The lowest BCUT2D eigenvalue weighted by Gasteiger charge is -2.28. The third kappa shape index (κ3) is 5.67. The van der Waals surface area contributed by atoms with Crippen molar-refractivity contribution in [1.82, 2.24) is 0 Å². The summed E-state index contributed by atoms with van der Waals surface area (Å²) in [5.74, 6) is 1.69. The maximum atomic E-state index is 5.97. The second kappa shape index (κ2) is 9.04. The van der Waals surface area contributed by atoms with Gasteiger partial charge in [-0.05, 0) is 37.5 Å². The second-order valence-electron chi connectivity index (χ2n) is 6.37. The van der Waals surface area contributed by atoms with Gasteiger partial charge in [0.05, 0.1) is 13.2 Å². The van der Waals surface area contributed by atoms with Gasteiger partial charge in [0, 0.05) is 9.65 Å². The Morgan fingerprint density at radius 3 is 1.42 bits per heavy atom. The molecule has 2 fully saturated rings. The molecule has 0 amide bonds. The Bertz CT molecular complexity index is 211. The summed E-state index contributed by atoms with van der Waals surface area (Å²) in [6, 6.07) is 0. The van der Waals surface area contributed by atoms with Gasteiger partial charge in [0.2, 0.25) is 0 Å². The summed E-state index contributed by atoms with van der Waals surface area (Å²) in [7, 11) is 0. The third-order valence-corrected chi connectivity index (χ3v) is 6.90. The van der Waals surface area contributed by atoms with Crippen LogP contribution in [0.4, 0.5) is 0 Å². The Morgan fingerprint density at radius 1 is 0.684 bits per heavy atom. The van der Waals surface area contributed by atoms with Crippen LogP contribution < -0.4 is 0 Å². The fourth-order valence-corrected chi connectivity index (χ4v) is 4.99. The van der Waals surface area contributed by atoms with E-state index in [9.17, 15) is 0 Å². The number of alkyl halides is 2. The summed E-state index contributed by atoms with van der Waals surface area (Å²) in [5.41, 5.74) is 0. The Balaban J connectivity index is 1.59. The molecule has 0 radical (unpaired) electrons. The molecule has 0 aliphatic heterocycles. The first kappa shape index (κ1) is 16.3. The summed E-state index contributed by atoms with van der Waals surface area (Å²) in [5, 5.41) is 0. The molecule has 2 aliphatic rings. The minimum Gasteiger partial charge on any atom is -0.379 e. The highest BCUT2D eigenvalue weighted by molar-refractivity contribution is 9.09. The highest BCUT2D eigenvalue weighted by atomic mass is 79.9. The molecule has 2 aliphatic carbocycles. The standard InChI is InChI=1S/C16H28Br2O/c17-15(13-7-3-1-4-8-13)11-19-12-16(18)14-9-5-2-6-10-14/h13-16H,1-12H2. The molecule has 0 aromatic carbocycles. The van der Waals surface area contributed by atoms with Crippen molar-refractivity contribution in [3.63, 3.8) is 0 Å². The zero-order valence-corrected chi connectivity index (χ0v) is 15.1. The predicted molar refractivity (Wildman–Crippen MR) is 89.4 cm³/mol. The van der Waals surface area contributed by atoms with Crippen molar-refractivity contribution >= 4 is 31.9 Å². The van der Waals surface area contributed by atoms with E-state index in [1.807, 2.05) is 0 Å². The Labute approximate surface area is 135 Å². The van der Waals surface area contributed by atoms with Crippen LogP contribution in [-0.4, -0.2) is 22.9 Å². The fraction of sp³-hybridized carbons (Fsp3) is 1.00. The zero-order valence-electron chi connectivity index (χ0n) is 12.0. The van der Waals surface area contributed by atoms with Gasteiger partial charge >= 0.3 is 0 Å². The van der Waals surface area contributed by atoms with Crippen molar-refractivity contribution in [3.05, 3.63) is 0 Å². The topological polar surface area (TPSA) is 9.23 Å². The van der Waals surface area contributed by atoms with E-state index in [0.717, 1.165) is 25.0 Å². The van der Waals surface area contributed by atoms with Gasteiger partial charge in [-0.3, -0.25) is 0 Å². The third-order valence-electron chi connectivity index (χ3n) is 4.88. The van der Waals surface area contributed by atoms with Gasteiger partial charge in [0.15, 0.2) is 0 Å². The van der Waals surface area contributed by atoms with Crippen LogP contribution in [0.1, 0.15) is 64.2 Å². The van der Waals surface area contributed by atoms with E-state index < -0.39 is 0 Å². The Morgan fingerprint density at radius 2 is 1.05 bits per heavy atom. The molecule has 2 unspecified atom stereocenters. The fourth-order valence-electron chi connectivity index (χ4n) is 3.56. The summed E-state index contributed by atoms with van der Waals surface area (Å²) >= 11 is 7.69. The second-order valence-corrected chi connectivity index (χ2v) is 8.72. The van der Waals surface area contributed by atoms with E-state index in [0.29, 0.717) is 9.65 Å². The SMILES string of the molecule is BrC(COCC(Br)C1CCCCC1)C1CCCCC1. The monoisotopic (exact) mass is 394 g/mol. The van der Waals surface area contributed by atoms with E-state index in [-0.39, 0.29) is 0 Å². The van der Waals surface area contributed by atoms with Crippen LogP contribution in [-0.2, 0) is 4.74 Å². The molecule has 2 saturated carbocycles. The number of hydrogen-bond acceptors (Lipinski definition) is 1. The van der Waals surface area contributed by atoms with Crippen molar-refractivity contribution < 1.29 is 4.74 Å². The van der Waals surface area contributed by atoms with Crippen molar-refractivity contribution in [2.45, 2.75) is 73.9 Å². The van der Waals surface area contributed by atoms with Crippen LogP contribution in [0.2, 0.25) is 0 Å². The lowest BCUT2D eigenvalue weighted by atomic mass is 9.87. The molecule has 2 atom stereocenters. The maximum Gasteiger partial charge on any atom is 0.0594 e. The lowest BCUT2D eigenvalue weighted by Crippen LogP contribution is -2.27. The molecule has 0 saturated heterocycles. The van der Waals surface area contributed by atoms with Crippen molar-refractivity contribution in [3.8, 4) is 0 Å². The average molecular weight is 396 g/mol. The molecule has 1 nitrogen and oxygen atoms in total. The van der Waals surface area contributed by atoms with Gasteiger partial charge in [-0.15, -0.1) is 0 Å². The number of rotatable bonds is 6. The molecule has 0 bridgehead atoms. The van der Waals surface area contributed by atoms with Crippen LogP contribution in [0, 0.1) is 11.8 Å². The summed E-state index contributed by atoms with van der Waals surface area (Å²) < 4.78 is 5.97. The molecule has 0 aromatic heterocycles. The van der Waals surface area contributed by atoms with Crippen LogP contribution >= 0.6 is 31.9 Å². The number of ether oxygens (including phenoxy) is 1. The van der Waals surface area contributed by atoms with Gasteiger partial charge in [-0.25, -0.2) is 0 Å². The molecule has 3 heteroatoms. The molecule has 0 heterocycles. The molecular formula is C16H28Br2O. The van der Waals surface area contributed by atoms with Crippen LogP contribution in [0.25, 0.3) is 0 Å². The number of hydrogen-bond donors (Lipinski definition) is 0. The number of halogens is 2. The van der Waals surface area contributed by atoms with E-state index in [2.05, 4.69) is 31.9 Å². The van der Waals surface area contributed by atoms with Crippen molar-refractivity contribution in [2.75, 3.05) is 13.2 Å².